The van der Waals surface area contributed by atoms with Crippen LogP contribution in [-0.4, -0.2) is 13.7 Å². The molecule has 0 aromatic heterocycles. The van der Waals surface area contributed by atoms with Gasteiger partial charge in [0.1, 0.15) is 5.75 Å². The number of nitrogens with one attached hydrogen (secondary N) is 1. The van der Waals surface area contributed by atoms with Crippen LogP contribution < -0.4 is 10.1 Å². The molecule has 0 saturated carbocycles. The topological polar surface area (TPSA) is 21.3 Å². The molecule has 2 rings (SSSR count). The van der Waals surface area contributed by atoms with Gasteiger partial charge in [0, 0.05) is 6.04 Å². The molecular formula is C15H23NO. The Balaban J connectivity index is 2.32. The molecule has 2 heteroatoms. The van der Waals surface area contributed by atoms with Crippen molar-refractivity contribution in [3.63, 3.8) is 0 Å². The van der Waals surface area contributed by atoms with Crippen molar-refractivity contribution in [2.75, 3.05) is 13.7 Å². The van der Waals surface area contributed by atoms with Gasteiger partial charge in [0.25, 0.3) is 0 Å². The van der Waals surface area contributed by atoms with Gasteiger partial charge in [-0.25, -0.2) is 0 Å². The predicted molar refractivity (Wildman–Crippen MR) is 71.6 cm³/mol. The minimum absolute atomic E-state index is 0.522. The van der Waals surface area contributed by atoms with Crippen molar-refractivity contribution in [2.24, 2.45) is 5.92 Å². The molecule has 1 aromatic rings. The summed E-state index contributed by atoms with van der Waals surface area (Å²) in [6.45, 7) is 7.94. The Labute approximate surface area is 104 Å². The minimum atomic E-state index is 0.522. The molecule has 2 nitrogen and oxygen atoms in total. The molecule has 0 spiro atoms. The molecule has 1 fully saturated rings. The second-order valence-electron chi connectivity index (χ2n) is 5.45. The fourth-order valence-electron chi connectivity index (χ4n) is 2.65. The summed E-state index contributed by atoms with van der Waals surface area (Å²) in [5, 5.41) is 3.61. The third kappa shape index (κ3) is 2.63. The summed E-state index contributed by atoms with van der Waals surface area (Å²) in [6, 6.07) is 7.01. The molecule has 1 aliphatic rings. The molecule has 0 radical (unpaired) electrons. The van der Waals surface area contributed by atoms with Gasteiger partial charge < -0.3 is 10.1 Å². The maximum atomic E-state index is 5.32. The van der Waals surface area contributed by atoms with Gasteiger partial charge in [0.05, 0.1) is 7.11 Å². The van der Waals surface area contributed by atoms with E-state index in [-0.39, 0.29) is 0 Å². The zero-order valence-corrected chi connectivity index (χ0v) is 11.3. The van der Waals surface area contributed by atoms with E-state index in [4.69, 9.17) is 4.74 Å². The highest BCUT2D eigenvalue weighted by Gasteiger charge is 2.24. The minimum Gasteiger partial charge on any atom is -0.497 e. The average molecular weight is 233 g/mol. The number of methoxy groups -OCH3 is 1. The highest BCUT2D eigenvalue weighted by Crippen LogP contribution is 2.34. The smallest absolute Gasteiger partial charge is 0.119 e. The monoisotopic (exact) mass is 233 g/mol. The van der Waals surface area contributed by atoms with E-state index < -0.39 is 0 Å². The van der Waals surface area contributed by atoms with Gasteiger partial charge in [0.2, 0.25) is 0 Å². The van der Waals surface area contributed by atoms with E-state index in [9.17, 15) is 0 Å². The molecule has 0 bridgehead atoms. The summed E-state index contributed by atoms with van der Waals surface area (Å²) >= 11 is 0. The van der Waals surface area contributed by atoms with E-state index in [0.29, 0.717) is 12.0 Å². The first-order valence-electron chi connectivity index (χ1n) is 6.53. The second-order valence-corrected chi connectivity index (χ2v) is 5.45. The summed E-state index contributed by atoms with van der Waals surface area (Å²) in [6.07, 6.45) is 1.24. The average Bonchev–Trinajstić information content (AvgIpc) is 2.75. The van der Waals surface area contributed by atoms with Crippen molar-refractivity contribution in [2.45, 2.75) is 39.2 Å². The van der Waals surface area contributed by atoms with Gasteiger partial charge in [-0.3, -0.25) is 0 Å². The van der Waals surface area contributed by atoms with Crippen LogP contribution in [0.5, 0.6) is 5.75 Å². The SMILES string of the molecule is COc1ccc([C@@H]2C[C@H](C)CN2)c(C(C)C)c1. The van der Waals surface area contributed by atoms with Crippen LogP contribution in [-0.2, 0) is 0 Å². The standard InChI is InChI=1S/C15H23NO/c1-10(2)14-8-12(17-4)5-6-13(14)15-7-11(3)9-16-15/h5-6,8,10-11,15-16H,7,9H2,1-4H3/t11-,15-/m0/s1. The molecule has 1 N–H and O–H groups in total. The third-order valence-electron chi connectivity index (χ3n) is 3.64. The first kappa shape index (κ1) is 12.4. The molecule has 1 saturated heterocycles. The molecule has 0 unspecified atom stereocenters. The molecule has 0 aliphatic carbocycles. The van der Waals surface area contributed by atoms with E-state index >= 15 is 0 Å². The van der Waals surface area contributed by atoms with Crippen molar-refractivity contribution < 1.29 is 4.74 Å². The highest BCUT2D eigenvalue weighted by molar-refractivity contribution is 5.39. The summed E-state index contributed by atoms with van der Waals surface area (Å²) in [7, 11) is 1.73. The van der Waals surface area contributed by atoms with E-state index in [1.165, 1.54) is 17.5 Å². The van der Waals surface area contributed by atoms with Gasteiger partial charge in [-0.15, -0.1) is 0 Å². The summed E-state index contributed by atoms with van der Waals surface area (Å²) in [4.78, 5) is 0. The highest BCUT2D eigenvalue weighted by atomic mass is 16.5. The zero-order valence-electron chi connectivity index (χ0n) is 11.3. The Kier molecular flexibility index (Phi) is 3.72. The predicted octanol–water partition coefficient (Wildman–Crippen LogP) is 3.49. The zero-order chi connectivity index (χ0) is 12.4. The number of benzene rings is 1. The lowest BCUT2D eigenvalue weighted by molar-refractivity contribution is 0.413. The lowest BCUT2D eigenvalue weighted by atomic mass is 9.91. The third-order valence-corrected chi connectivity index (χ3v) is 3.64. The van der Waals surface area contributed by atoms with Crippen molar-refractivity contribution in [3.05, 3.63) is 29.3 Å². The molecular weight excluding hydrogens is 210 g/mol. The summed E-state index contributed by atoms with van der Waals surface area (Å²) in [5.74, 6) is 2.28. The van der Waals surface area contributed by atoms with E-state index in [1.54, 1.807) is 7.11 Å². The van der Waals surface area contributed by atoms with Gasteiger partial charge in [-0.2, -0.15) is 0 Å². The first-order valence-corrected chi connectivity index (χ1v) is 6.53. The second kappa shape index (κ2) is 5.09. The van der Waals surface area contributed by atoms with Gasteiger partial charge in [0.15, 0.2) is 0 Å². The fraction of sp³-hybridized carbons (Fsp3) is 0.600. The number of hydrogen-bond acceptors (Lipinski definition) is 2. The maximum absolute atomic E-state index is 5.32. The Morgan fingerprint density at radius 3 is 2.65 bits per heavy atom. The summed E-state index contributed by atoms with van der Waals surface area (Å²) in [5.41, 5.74) is 2.86. The Morgan fingerprint density at radius 1 is 1.35 bits per heavy atom. The quantitative estimate of drug-likeness (QED) is 0.863. The van der Waals surface area contributed by atoms with Crippen LogP contribution in [0.15, 0.2) is 18.2 Å². The van der Waals surface area contributed by atoms with Crippen molar-refractivity contribution in [1.29, 1.82) is 0 Å². The van der Waals surface area contributed by atoms with Crippen LogP contribution in [0.4, 0.5) is 0 Å². The van der Waals surface area contributed by atoms with E-state index in [2.05, 4.69) is 44.3 Å². The van der Waals surface area contributed by atoms with Crippen LogP contribution in [0.1, 0.15) is 50.3 Å². The Hall–Kier alpha value is -1.02. The largest absolute Gasteiger partial charge is 0.497 e. The van der Waals surface area contributed by atoms with Crippen molar-refractivity contribution >= 4 is 0 Å². The lowest BCUT2D eigenvalue weighted by Gasteiger charge is -2.19. The van der Waals surface area contributed by atoms with Gasteiger partial charge >= 0.3 is 0 Å². The Morgan fingerprint density at radius 2 is 2.12 bits per heavy atom. The van der Waals surface area contributed by atoms with Crippen molar-refractivity contribution in [3.8, 4) is 5.75 Å². The van der Waals surface area contributed by atoms with Crippen molar-refractivity contribution in [1.82, 2.24) is 5.32 Å². The normalized spacial score (nSPS) is 24.3. The van der Waals surface area contributed by atoms with E-state index in [1.807, 2.05) is 0 Å². The number of rotatable bonds is 3. The molecule has 1 aliphatic heterocycles. The lowest BCUT2D eigenvalue weighted by Crippen LogP contribution is -2.15. The maximum Gasteiger partial charge on any atom is 0.119 e. The summed E-state index contributed by atoms with van der Waals surface area (Å²) < 4.78 is 5.32. The molecule has 1 heterocycles. The van der Waals surface area contributed by atoms with Crippen LogP contribution in [0.2, 0.25) is 0 Å². The molecule has 1 aromatic carbocycles. The van der Waals surface area contributed by atoms with Crippen LogP contribution in [0.3, 0.4) is 0 Å². The molecule has 0 amide bonds. The van der Waals surface area contributed by atoms with Gasteiger partial charge in [-0.1, -0.05) is 26.8 Å². The first-order chi connectivity index (χ1) is 8.11. The van der Waals surface area contributed by atoms with E-state index in [0.717, 1.165) is 18.2 Å². The van der Waals surface area contributed by atoms with Crippen LogP contribution in [0, 0.1) is 5.92 Å². The van der Waals surface area contributed by atoms with Gasteiger partial charge in [-0.05, 0) is 48.1 Å². The molecule has 94 valence electrons. The molecule has 17 heavy (non-hydrogen) atoms. The molecule has 2 atom stereocenters. The van der Waals surface area contributed by atoms with Crippen LogP contribution in [0.25, 0.3) is 0 Å². The number of hydrogen-bond donors (Lipinski definition) is 1. The number of ether oxygens (including phenoxy) is 1. The Bertz CT molecular complexity index is 387. The van der Waals surface area contributed by atoms with Crippen LogP contribution >= 0.6 is 0 Å². The fourth-order valence-corrected chi connectivity index (χ4v) is 2.65.